The van der Waals surface area contributed by atoms with Crippen LogP contribution in [0.2, 0.25) is 0 Å². The van der Waals surface area contributed by atoms with Gasteiger partial charge in [-0.3, -0.25) is 0 Å². The molecule has 0 atom stereocenters. The smallest absolute Gasteiger partial charge is 0.181 e. The molecule has 0 aliphatic carbocycles. The zero-order chi connectivity index (χ0) is 41.7. The maximum atomic E-state index is 2.59. The van der Waals surface area contributed by atoms with Crippen LogP contribution in [0.5, 0.6) is 0 Å². The Kier molecular flexibility index (Phi) is 8.87. The van der Waals surface area contributed by atoms with Crippen LogP contribution in [0.25, 0.3) is 77.2 Å². The molecule has 2 nitrogen and oxygen atoms in total. The Balaban J connectivity index is 1.25. The Labute approximate surface area is 368 Å². The number of fused-ring (bicyclic) bond motifs is 6. The molecule has 0 aliphatic heterocycles. The summed E-state index contributed by atoms with van der Waals surface area (Å²) in [5.41, 5.74) is 11.8. The average Bonchev–Trinajstić information content (AvgIpc) is 3.89. The first kappa shape index (κ1) is 36.8. The van der Waals surface area contributed by atoms with Crippen LogP contribution in [0.15, 0.2) is 255 Å². The molecule has 0 saturated carbocycles. The number of hydrogen-bond donors (Lipinski definition) is 0. The second-order valence-corrected chi connectivity index (χ2v) is 20.2. The molecule has 63 heavy (non-hydrogen) atoms. The molecule has 0 aliphatic rings. The molecular weight excluding hydrogens is 777 g/mol. The summed E-state index contributed by atoms with van der Waals surface area (Å²) in [6.07, 6.45) is 0. The minimum atomic E-state index is -2.98. The van der Waals surface area contributed by atoms with Crippen LogP contribution in [-0.4, -0.2) is 17.2 Å². The maximum Gasteiger partial charge on any atom is 0.181 e. The number of aromatic nitrogens is 2. The van der Waals surface area contributed by atoms with Gasteiger partial charge in [0.15, 0.2) is 8.07 Å². The molecule has 2 heterocycles. The standard InChI is InChI=1S/C60H42N2Si/c1-6-22-43(23-7-1)45-26-20-27-46(40-45)61-56-38-19-17-35-53(56)59-54(44-24-8-2-9-25-44)41-47(42-57(59)61)62-55-37-18-16-34-51(55)52-36-21-39-58(60(52)62)63(48-28-10-3-11-29-48,49-30-12-4-13-31-49)50-32-14-5-15-33-50/h1-42H. The highest BCUT2D eigenvalue weighted by Gasteiger charge is 2.43. The van der Waals surface area contributed by atoms with E-state index in [0.29, 0.717) is 0 Å². The van der Waals surface area contributed by atoms with Crippen molar-refractivity contribution in [2.75, 3.05) is 0 Å². The molecule has 296 valence electrons. The minimum Gasteiger partial charge on any atom is -0.309 e. The number of para-hydroxylation sites is 3. The van der Waals surface area contributed by atoms with E-state index in [0.717, 1.165) is 11.4 Å². The first-order chi connectivity index (χ1) is 31.3. The molecule has 0 saturated heterocycles. The molecule has 0 radical (unpaired) electrons. The maximum absolute atomic E-state index is 2.98. The minimum absolute atomic E-state index is 1.13. The van der Waals surface area contributed by atoms with Gasteiger partial charge in [-0.25, -0.2) is 0 Å². The van der Waals surface area contributed by atoms with Crippen molar-refractivity contribution in [2.45, 2.75) is 0 Å². The van der Waals surface area contributed by atoms with Gasteiger partial charge >= 0.3 is 0 Å². The van der Waals surface area contributed by atoms with E-state index in [-0.39, 0.29) is 0 Å². The normalized spacial score (nSPS) is 11.8. The summed E-state index contributed by atoms with van der Waals surface area (Å²) < 4.78 is 5.07. The molecule has 0 unspecified atom stereocenters. The molecule has 0 fully saturated rings. The van der Waals surface area contributed by atoms with Gasteiger partial charge in [-0.15, -0.1) is 0 Å². The summed E-state index contributed by atoms with van der Waals surface area (Å²) in [5.74, 6) is 0. The van der Waals surface area contributed by atoms with Crippen LogP contribution >= 0.6 is 0 Å². The highest BCUT2D eigenvalue weighted by molar-refractivity contribution is 7.20. The second-order valence-electron chi connectivity index (χ2n) is 16.4. The number of hydrogen-bond acceptors (Lipinski definition) is 0. The van der Waals surface area contributed by atoms with Crippen molar-refractivity contribution in [3.05, 3.63) is 255 Å². The van der Waals surface area contributed by atoms with Crippen molar-refractivity contribution in [3.8, 4) is 33.6 Å². The average molecular weight is 819 g/mol. The van der Waals surface area contributed by atoms with Gasteiger partial charge in [0, 0.05) is 32.9 Å². The predicted octanol–water partition coefficient (Wildman–Crippen LogP) is 12.6. The lowest BCUT2D eigenvalue weighted by atomic mass is 9.98. The largest absolute Gasteiger partial charge is 0.309 e. The summed E-state index contributed by atoms with van der Waals surface area (Å²) in [6, 6.07) is 94.4. The zero-order valence-corrected chi connectivity index (χ0v) is 35.6. The van der Waals surface area contributed by atoms with E-state index in [1.807, 2.05) is 0 Å². The monoisotopic (exact) mass is 818 g/mol. The lowest BCUT2D eigenvalue weighted by Gasteiger charge is -2.35. The highest BCUT2D eigenvalue weighted by atomic mass is 28.3. The molecule has 3 heteroatoms. The predicted molar refractivity (Wildman–Crippen MR) is 270 cm³/mol. The van der Waals surface area contributed by atoms with Gasteiger partial charge in [0.25, 0.3) is 0 Å². The summed E-state index contributed by atoms with van der Waals surface area (Å²) in [4.78, 5) is 0. The first-order valence-corrected chi connectivity index (χ1v) is 23.8. The van der Waals surface area contributed by atoms with Crippen molar-refractivity contribution in [1.29, 1.82) is 0 Å². The van der Waals surface area contributed by atoms with Crippen LogP contribution < -0.4 is 20.7 Å². The summed E-state index contributed by atoms with van der Waals surface area (Å²) in [6.45, 7) is 0. The van der Waals surface area contributed by atoms with E-state index in [9.17, 15) is 0 Å². The van der Waals surface area contributed by atoms with Crippen LogP contribution in [0.1, 0.15) is 0 Å². The Bertz CT molecular complexity index is 3500. The first-order valence-electron chi connectivity index (χ1n) is 21.8. The summed E-state index contributed by atoms with van der Waals surface area (Å²) in [5, 5.41) is 10.4. The van der Waals surface area contributed by atoms with E-state index in [1.165, 1.54) is 86.6 Å². The lowest BCUT2D eigenvalue weighted by molar-refractivity contribution is 1.16. The van der Waals surface area contributed by atoms with Gasteiger partial charge in [-0.2, -0.15) is 0 Å². The number of benzene rings is 10. The van der Waals surface area contributed by atoms with Crippen molar-refractivity contribution >= 4 is 72.4 Å². The van der Waals surface area contributed by atoms with Crippen molar-refractivity contribution in [3.63, 3.8) is 0 Å². The fraction of sp³-hybridized carbons (Fsp3) is 0. The van der Waals surface area contributed by atoms with Gasteiger partial charge < -0.3 is 9.13 Å². The van der Waals surface area contributed by atoms with Gasteiger partial charge in [0.2, 0.25) is 0 Å². The van der Waals surface area contributed by atoms with Crippen molar-refractivity contribution in [2.24, 2.45) is 0 Å². The summed E-state index contributed by atoms with van der Waals surface area (Å²) in [7, 11) is -2.98. The van der Waals surface area contributed by atoms with E-state index in [2.05, 4.69) is 264 Å². The van der Waals surface area contributed by atoms with E-state index in [1.54, 1.807) is 0 Å². The Morgan fingerprint density at radius 1 is 0.286 bits per heavy atom. The SMILES string of the molecule is c1ccc(-c2cccc(-n3c4ccccc4c4c(-c5ccccc5)cc(-n5c6ccccc6c6cccc([Si](c7ccccc7)(c7ccccc7)c7ccccc7)c65)cc43)c2)cc1. The number of nitrogens with zero attached hydrogens (tertiary/aromatic N) is 2. The quantitative estimate of drug-likeness (QED) is 0.107. The van der Waals surface area contributed by atoms with Gasteiger partial charge in [-0.1, -0.05) is 218 Å². The Hall–Kier alpha value is -7.98. The van der Waals surface area contributed by atoms with E-state index < -0.39 is 8.07 Å². The molecule has 0 spiro atoms. The Morgan fingerprint density at radius 2 is 0.762 bits per heavy atom. The third kappa shape index (κ3) is 5.85. The van der Waals surface area contributed by atoms with Crippen LogP contribution in [0, 0.1) is 0 Å². The molecule has 10 aromatic carbocycles. The third-order valence-corrected chi connectivity index (χ3v) is 17.8. The molecule has 0 N–H and O–H groups in total. The van der Waals surface area contributed by atoms with E-state index in [4.69, 9.17) is 0 Å². The highest BCUT2D eigenvalue weighted by Crippen LogP contribution is 2.42. The zero-order valence-electron chi connectivity index (χ0n) is 34.6. The third-order valence-electron chi connectivity index (χ3n) is 13.0. The van der Waals surface area contributed by atoms with Gasteiger partial charge in [0.05, 0.1) is 22.1 Å². The Morgan fingerprint density at radius 3 is 1.38 bits per heavy atom. The molecule has 2 aromatic heterocycles. The fourth-order valence-electron chi connectivity index (χ4n) is 10.4. The van der Waals surface area contributed by atoms with Gasteiger partial charge in [0.1, 0.15) is 0 Å². The van der Waals surface area contributed by atoms with Crippen molar-refractivity contribution < 1.29 is 0 Å². The summed E-state index contributed by atoms with van der Waals surface area (Å²) >= 11 is 0. The molecular formula is C60H42N2Si. The van der Waals surface area contributed by atoms with E-state index >= 15 is 0 Å². The molecule has 0 amide bonds. The number of rotatable bonds is 8. The van der Waals surface area contributed by atoms with Gasteiger partial charge in [-0.05, 0) is 79.4 Å². The second kappa shape index (κ2) is 15.2. The van der Waals surface area contributed by atoms with Crippen molar-refractivity contribution in [1.82, 2.24) is 9.13 Å². The van der Waals surface area contributed by atoms with Crippen LogP contribution in [-0.2, 0) is 0 Å². The fourth-order valence-corrected chi connectivity index (χ4v) is 15.4. The topological polar surface area (TPSA) is 9.86 Å². The molecule has 0 bridgehead atoms. The molecule has 12 aromatic rings. The molecule has 12 rings (SSSR count). The van der Waals surface area contributed by atoms with Crippen LogP contribution in [0.3, 0.4) is 0 Å². The van der Waals surface area contributed by atoms with Crippen LogP contribution in [0.4, 0.5) is 0 Å². The lowest BCUT2D eigenvalue weighted by Crippen LogP contribution is -2.75.